The highest BCUT2D eigenvalue weighted by Crippen LogP contribution is 2.66. The summed E-state index contributed by atoms with van der Waals surface area (Å²) in [5, 5.41) is 0. The van der Waals surface area contributed by atoms with E-state index >= 15 is 0 Å². The zero-order chi connectivity index (χ0) is 15.9. The Kier molecular flexibility index (Phi) is 2.90. The highest BCUT2D eigenvalue weighted by Gasteiger charge is 2.77. The number of rotatable bonds is 2. The summed E-state index contributed by atoms with van der Waals surface area (Å²) in [7, 11) is 6.50. The lowest BCUT2D eigenvalue weighted by Gasteiger charge is -2.50. The van der Waals surface area contributed by atoms with Crippen molar-refractivity contribution in [1.29, 1.82) is 0 Å². The van der Waals surface area contributed by atoms with Gasteiger partial charge in [0, 0.05) is 11.8 Å². The summed E-state index contributed by atoms with van der Waals surface area (Å²) in [5.41, 5.74) is -0.348. The van der Waals surface area contributed by atoms with E-state index in [1.54, 1.807) is 0 Å². The van der Waals surface area contributed by atoms with Crippen LogP contribution in [-0.4, -0.2) is 55.4 Å². The zero-order valence-corrected chi connectivity index (χ0v) is 14.6. The molecule has 0 bridgehead atoms. The molecule has 7 atom stereocenters. The fourth-order valence-electron chi connectivity index (χ4n) is 5.85. The van der Waals surface area contributed by atoms with Gasteiger partial charge in [0.15, 0.2) is 0 Å². The molecule has 0 N–H and O–H groups in total. The molecule has 22 heavy (non-hydrogen) atoms. The molecule has 4 heteroatoms. The lowest BCUT2D eigenvalue weighted by atomic mass is 9.55. The minimum absolute atomic E-state index is 0.0302. The second kappa shape index (κ2) is 4.27. The van der Waals surface area contributed by atoms with Crippen LogP contribution in [0.25, 0.3) is 0 Å². The molecule has 124 valence electrons. The molecule has 2 saturated carbocycles. The summed E-state index contributed by atoms with van der Waals surface area (Å²) in [6.07, 6.45) is 4.76. The normalized spacial score (nSPS) is 53.3. The first-order valence-corrected chi connectivity index (χ1v) is 8.88. The molecule has 2 aliphatic heterocycles. The van der Waals surface area contributed by atoms with E-state index in [4.69, 9.17) is 9.47 Å². The van der Waals surface area contributed by atoms with Crippen LogP contribution >= 0.6 is 0 Å². The van der Waals surface area contributed by atoms with Crippen molar-refractivity contribution in [3.05, 3.63) is 0 Å². The van der Waals surface area contributed by atoms with Crippen molar-refractivity contribution >= 4 is 5.97 Å². The van der Waals surface area contributed by atoms with Gasteiger partial charge in [0.1, 0.15) is 17.6 Å². The highest BCUT2D eigenvalue weighted by atomic mass is 16.7. The van der Waals surface area contributed by atoms with Crippen LogP contribution in [0.2, 0.25) is 0 Å². The Hall–Kier alpha value is -0.610. The Morgan fingerprint density at radius 3 is 2.59 bits per heavy atom. The average molecular weight is 308 g/mol. The van der Waals surface area contributed by atoms with Gasteiger partial charge >= 0.3 is 5.97 Å². The molecule has 2 heterocycles. The summed E-state index contributed by atoms with van der Waals surface area (Å²) in [5.74, 6) is 1.57. The van der Waals surface area contributed by atoms with Crippen molar-refractivity contribution in [2.24, 2.45) is 23.7 Å². The van der Waals surface area contributed by atoms with Gasteiger partial charge < -0.3 is 14.0 Å². The number of quaternary nitrogens is 1. The van der Waals surface area contributed by atoms with E-state index < -0.39 is 0 Å². The van der Waals surface area contributed by atoms with E-state index in [1.807, 2.05) is 0 Å². The quantitative estimate of drug-likeness (QED) is 0.446. The number of ether oxygens (including phenoxy) is 2. The summed E-state index contributed by atoms with van der Waals surface area (Å²) in [6.45, 7) is 5.42. The molecule has 0 aromatic carbocycles. The predicted octanol–water partition coefficient (Wildman–Crippen LogP) is 2.22. The maximum Gasteiger partial charge on any atom is 0.315 e. The van der Waals surface area contributed by atoms with Crippen molar-refractivity contribution < 1.29 is 18.8 Å². The van der Waals surface area contributed by atoms with Crippen LogP contribution in [0.5, 0.6) is 0 Å². The summed E-state index contributed by atoms with van der Waals surface area (Å²) < 4.78 is 13.2. The molecule has 4 aliphatic rings. The zero-order valence-electron chi connectivity index (χ0n) is 14.6. The number of epoxide rings is 1. The molecule has 0 unspecified atom stereocenters. The SMILES string of the molecule is C[C@H]1CC[C@@H]2[C@@H](C[N+](C)(C)C)C(=O)O[C@]23[C@H]1CC[C@@]1(C)O[C@@H]31. The first-order valence-electron chi connectivity index (χ1n) is 8.88. The van der Waals surface area contributed by atoms with Crippen molar-refractivity contribution in [1.82, 2.24) is 0 Å². The van der Waals surface area contributed by atoms with Gasteiger partial charge in [0.2, 0.25) is 0 Å². The number of carbonyl (C=O) groups excluding carboxylic acids is 1. The fourth-order valence-corrected chi connectivity index (χ4v) is 5.85. The number of fused-ring (bicyclic) bond motifs is 1. The maximum absolute atomic E-state index is 12.8. The highest BCUT2D eigenvalue weighted by molar-refractivity contribution is 5.77. The topological polar surface area (TPSA) is 38.8 Å². The molecule has 0 amide bonds. The second-order valence-electron chi connectivity index (χ2n) is 9.47. The lowest BCUT2D eigenvalue weighted by molar-refractivity contribution is -0.873. The number of hydrogen-bond donors (Lipinski definition) is 0. The fraction of sp³-hybridized carbons (Fsp3) is 0.944. The molecule has 4 rings (SSSR count). The lowest BCUT2D eigenvalue weighted by Crippen LogP contribution is -2.58. The largest absolute Gasteiger partial charge is 0.455 e. The maximum atomic E-state index is 12.8. The molecule has 0 aromatic heterocycles. The molecule has 0 aromatic rings. The minimum atomic E-state index is -0.318. The minimum Gasteiger partial charge on any atom is -0.455 e. The third-order valence-electron chi connectivity index (χ3n) is 6.84. The van der Waals surface area contributed by atoms with Crippen molar-refractivity contribution in [2.75, 3.05) is 27.7 Å². The van der Waals surface area contributed by atoms with E-state index in [-0.39, 0.29) is 29.2 Å². The Morgan fingerprint density at radius 1 is 1.18 bits per heavy atom. The van der Waals surface area contributed by atoms with Crippen molar-refractivity contribution in [3.63, 3.8) is 0 Å². The van der Waals surface area contributed by atoms with Crippen LogP contribution < -0.4 is 0 Å². The summed E-state index contributed by atoms with van der Waals surface area (Å²) in [6, 6.07) is 0. The van der Waals surface area contributed by atoms with Crippen LogP contribution in [0.3, 0.4) is 0 Å². The van der Waals surface area contributed by atoms with E-state index in [0.717, 1.165) is 30.3 Å². The van der Waals surface area contributed by atoms with Gasteiger partial charge in [-0.15, -0.1) is 0 Å². The Balaban J connectivity index is 1.72. The number of esters is 1. The molecule has 0 radical (unpaired) electrons. The van der Waals surface area contributed by atoms with Crippen LogP contribution in [0.15, 0.2) is 0 Å². The van der Waals surface area contributed by atoms with Gasteiger partial charge in [-0.25, -0.2) is 0 Å². The Labute approximate surface area is 133 Å². The van der Waals surface area contributed by atoms with Gasteiger partial charge in [-0.3, -0.25) is 4.79 Å². The number of nitrogens with zero attached hydrogens (tertiary/aromatic N) is 1. The Bertz CT molecular complexity index is 513. The molecule has 1 spiro atoms. The molecule has 2 aliphatic carbocycles. The first kappa shape index (κ1) is 14.9. The van der Waals surface area contributed by atoms with E-state index in [0.29, 0.717) is 17.8 Å². The third kappa shape index (κ3) is 1.86. The summed E-state index contributed by atoms with van der Waals surface area (Å²) in [4.78, 5) is 12.8. The van der Waals surface area contributed by atoms with Gasteiger partial charge in [0.05, 0.1) is 33.3 Å². The standard InChI is InChI=1S/C18H30NO3/c1-11-6-7-14-12(10-19(3,4)5)15(20)21-18(14)13(11)8-9-17(2)16(18)22-17/h11-14,16H,6-10H2,1-5H3/q+1/t11-,12+,13-,14+,16+,17+,18+/m0/s1. The van der Waals surface area contributed by atoms with Gasteiger partial charge in [-0.2, -0.15) is 0 Å². The molecular formula is C18H30NO3+. The first-order chi connectivity index (χ1) is 10.2. The molecule has 2 saturated heterocycles. The number of carbonyl (C=O) groups is 1. The van der Waals surface area contributed by atoms with E-state index in [9.17, 15) is 4.79 Å². The second-order valence-corrected chi connectivity index (χ2v) is 9.47. The third-order valence-corrected chi connectivity index (χ3v) is 6.84. The number of hydrogen-bond acceptors (Lipinski definition) is 3. The van der Waals surface area contributed by atoms with Gasteiger partial charge in [0.25, 0.3) is 0 Å². The van der Waals surface area contributed by atoms with Crippen LogP contribution in [0.1, 0.15) is 39.5 Å². The Morgan fingerprint density at radius 2 is 1.91 bits per heavy atom. The van der Waals surface area contributed by atoms with Gasteiger partial charge in [-0.05, 0) is 38.5 Å². The van der Waals surface area contributed by atoms with E-state index in [2.05, 4.69) is 35.0 Å². The molecule has 4 fully saturated rings. The molecule has 4 nitrogen and oxygen atoms in total. The summed E-state index contributed by atoms with van der Waals surface area (Å²) >= 11 is 0. The van der Waals surface area contributed by atoms with Gasteiger partial charge in [-0.1, -0.05) is 6.92 Å². The average Bonchev–Trinajstić information content (AvgIpc) is 3.02. The smallest absolute Gasteiger partial charge is 0.315 e. The van der Waals surface area contributed by atoms with Crippen LogP contribution in [0, 0.1) is 23.7 Å². The van der Waals surface area contributed by atoms with Crippen LogP contribution in [-0.2, 0) is 14.3 Å². The van der Waals surface area contributed by atoms with Crippen molar-refractivity contribution in [3.8, 4) is 0 Å². The van der Waals surface area contributed by atoms with Crippen molar-refractivity contribution in [2.45, 2.75) is 56.8 Å². The van der Waals surface area contributed by atoms with E-state index in [1.165, 1.54) is 6.42 Å². The molecular weight excluding hydrogens is 278 g/mol. The predicted molar refractivity (Wildman–Crippen MR) is 83.1 cm³/mol. The van der Waals surface area contributed by atoms with Crippen LogP contribution in [0.4, 0.5) is 0 Å². The monoisotopic (exact) mass is 308 g/mol.